The van der Waals surface area contributed by atoms with Crippen molar-refractivity contribution in [3.63, 3.8) is 0 Å². The van der Waals surface area contributed by atoms with Crippen LogP contribution in [0, 0.1) is 0 Å². The van der Waals surface area contributed by atoms with Gasteiger partial charge in [0.2, 0.25) is 0 Å². The van der Waals surface area contributed by atoms with Gasteiger partial charge in [0.15, 0.2) is 0 Å². The summed E-state index contributed by atoms with van der Waals surface area (Å²) in [6.45, 7) is 2.37. The Hall–Kier alpha value is -2.06. The largest absolute Gasteiger partial charge is 0.371 e. The van der Waals surface area contributed by atoms with Crippen LogP contribution in [0.25, 0.3) is 10.8 Å². The Morgan fingerprint density at radius 1 is 0.840 bits per heavy atom. The van der Waals surface area contributed by atoms with E-state index < -0.39 is 0 Å². The number of benzene rings is 2. The standard InChI is InChI=1S/C22H24N2.ClH/c1-4-14-24(15-5-1)22-12-13-23-17-21(22)11-9-18-8-10-19-6-2-3-7-20(19)16-18;/h2-3,6-8,10,12-13,16-17H,1,4-5,9,11,14-15H2;1H. The molecule has 0 atom stereocenters. The first-order valence-corrected chi connectivity index (χ1v) is 9.06. The molecule has 2 nitrogen and oxygen atoms in total. The van der Waals surface area contributed by atoms with Crippen molar-refractivity contribution in [1.82, 2.24) is 4.98 Å². The SMILES string of the molecule is Cl.c1ccc2cc(CCc3cnccc3N3CCCCC3)ccc2c1. The molecule has 1 aliphatic rings. The van der Waals surface area contributed by atoms with E-state index in [0.29, 0.717) is 0 Å². The van der Waals surface area contributed by atoms with Gasteiger partial charge in [0.1, 0.15) is 0 Å². The Morgan fingerprint density at radius 3 is 2.48 bits per heavy atom. The molecule has 1 aromatic heterocycles. The normalized spacial score (nSPS) is 14.3. The predicted molar refractivity (Wildman–Crippen MR) is 109 cm³/mol. The zero-order chi connectivity index (χ0) is 16.2. The van der Waals surface area contributed by atoms with Gasteiger partial charge in [-0.25, -0.2) is 0 Å². The monoisotopic (exact) mass is 352 g/mol. The highest BCUT2D eigenvalue weighted by atomic mass is 35.5. The lowest BCUT2D eigenvalue weighted by molar-refractivity contribution is 0.576. The number of fused-ring (bicyclic) bond motifs is 1. The summed E-state index contributed by atoms with van der Waals surface area (Å²) in [5.74, 6) is 0. The average molecular weight is 353 g/mol. The van der Waals surface area contributed by atoms with E-state index >= 15 is 0 Å². The van der Waals surface area contributed by atoms with Gasteiger partial charge in [-0.05, 0) is 60.1 Å². The van der Waals surface area contributed by atoms with Crippen molar-refractivity contribution < 1.29 is 0 Å². The molecule has 0 N–H and O–H groups in total. The Morgan fingerprint density at radius 2 is 1.64 bits per heavy atom. The van der Waals surface area contributed by atoms with Crippen LogP contribution >= 0.6 is 12.4 Å². The van der Waals surface area contributed by atoms with Gasteiger partial charge in [-0.2, -0.15) is 0 Å². The number of nitrogens with zero attached hydrogens (tertiary/aromatic N) is 2. The molecular formula is C22H25ClN2. The van der Waals surface area contributed by atoms with Crippen LogP contribution in [0.1, 0.15) is 30.4 Å². The molecule has 0 unspecified atom stereocenters. The maximum absolute atomic E-state index is 4.38. The van der Waals surface area contributed by atoms with Crippen LogP contribution < -0.4 is 4.90 Å². The van der Waals surface area contributed by atoms with Crippen molar-refractivity contribution in [2.24, 2.45) is 0 Å². The summed E-state index contributed by atoms with van der Waals surface area (Å²) in [4.78, 5) is 6.92. The Labute approximate surface area is 156 Å². The molecule has 0 radical (unpaired) electrons. The van der Waals surface area contributed by atoms with E-state index in [2.05, 4.69) is 64.6 Å². The fourth-order valence-electron chi connectivity index (χ4n) is 3.73. The van der Waals surface area contributed by atoms with Gasteiger partial charge in [-0.1, -0.05) is 42.5 Å². The van der Waals surface area contributed by atoms with E-state index in [1.54, 1.807) is 0 Å². The fourth-order valence-corrected chi connectivity index (χ4v) is 3.73. The first-order valence-electron chi connectivity index (χ1n) is 9.06. The van der Waals surface area contributed by atoms with Crippen LogP contribution in [0.3, 0.4) is 0 Å². The smallest absolute Gasteiger partial charge is 0.0429 e. The van der Waals surface area contributed by atoms with E-state index in [0.717, 1.165) is 12.8 Å². The number of hydrogen-bond donors (Lipinski definition) is 0. The molecule has 2 aromatic carbocycles. The zero-order valence-electron chi connectivity index (χ0n) is 14.5. The summed E-state index contributed by atoms with van der Waals surface area (Å²) in [7, 11) is 0. The predicted octanol–water partition coefficient (Wildman–Crippen LogP) is 5.43. The molecule has 130 valence electrons. The molecule has 0 amide bonds. The second-order valence-electron chi connectivity index (χ2n) is 6.73. The van der Waals surface area contributed by atoms with Gasteiger partial charge < -0.3 is 4.90 Å². The van der Waals surface area contributed by atoms with Gasteiger partial charge >= 0.3 is 0 Å². The maximum atomic E-state index is 4.38. The summed E-state index contributed by atoms with van der Waals surface area (Å²) in [6, 6.07) is 17.6. The summed E-state index contributed by atoms with van der Waals surface area (Å²) < 4.78 is 0. The van der Waals surface area contributed by atoms with Crippen LogP contribution in [0.4, 0.5) is 5.69 Å². The molecule has 1 fully saturated rings. The number of aryl methyl sites for hydroxylation is 2. The van der Waals surface area contributed by atoms with Crippen LogP contribution in [-0.2, 0) is 12.8 Å². The molecule has 1 saturated heterocycles. The van der Waals surface area contributed by atoms with E-state index in [4.69, 9.17) is 0 Å². The highest BCUT2D eigenvalue weighted by molar-refractivity contribution is 5.85. The number of anilines is 1. The third kappa shape index (κ3) is 4.13. The molecule has 25 heavy (non-hydrogen) atoms. The number of hydrogen-bond acceptors (Lipinski definition) is 2. The van der Waals surface area contributed by atoms with Crippen LogP contribution in [0.5, 0.6) is 0 Å². The van der Waals surface area contributed by atoms with Crippen molar-refractivity contribution in [2.75, 3.05) is 18.0 Å². The summed E-state index contributed by atoms with van der Waals surface area (Å²) >= 11 is 0. The van der Waals surface area contributed by atoms with E-state index in [-0.39, 0.29) is 12.4 Å². The third-order valence-corrected chi connectivity index (χ3v) is 5.07. The summed E-state index contributed by atoms with van der Waals surface area (Å²) in [5.41, 5.74) is 4.18. The van der Waals surface area contributed by atoms with Crippen LogP contribution in [-0.4, -0.2) is 18.1 Å². The molecule has 4 rings (SSSR count). The average Bonchev–Trinajstić information content (AvgIpc) is 2.67. The van der Waals surface area contributed by atoms with Crippen molar-refractivity contribution in [2.45, 2.75) is 32.1 Å². The fraction of sp³-hybridized carbons (Fsp3) is 0.318. The second-order valence-corrected chi connectivity index (χ2v) is 6.73. The highest BCUT2D eigenvalue weighted by Gasteiger charge is 2.14. The molecular weight excluding hydrogens is 328 g/mol. The number of pyridine rings is 1. The molecule has 2 heterocycles. The zero-order valence-corrected chi connectivity index (χ0v) is 15.3. The minimum Gasteiger partial charge on any atom is -0.371 e. The molecule has 0 saturated carbocycles. The summed E-state index contributed by atoms with van der Waals surface area (Å²) in [6.07, 6.45) is 10.1. The van der Waals surface area contributed by atoms with Crippen LogP contribution in [0.2, 0.25) is 0 Å². The lowest BCUT2D eigenvalue weighted by Crippen LogP contribution is -2.30. The number of aromatic nitrogens is 1. The second kappa shape index (κ2) is 8.35. The Kier molecular flexibility index (Phi) is 5.93. The highest BCUT2D eigenvalue weighted by Crippen LogP contribution is 2.25. The van der Waals surface area contributed by atoms with Gasteiger partial charge in [0.05, 0.1) is 0 Å². The lowest BCUT2D eigenvalue weighted by atomic mass is 10.0. The molecule has 0 spiro atoms. The molecule has 1 aliphatic heterocycles. The van der Waals surface area contributed by atoms with Crippen molar-refractivity contribution >= 4 is 28.9 Å². The number of halogens is 1. The van der Waals surface area contributed by atoms with E-state index in [9.17, 15) is 0 Å². The molecule has 0 aliphatic carbocycles. The van der Waals surface area contributed by atoms with Crippen molar-refractivity contribution in [3.8, 4) is 0 Å². The van der Waals surface area contributed by atoms with Crippen LogP contribution in [0.15, 0.2) is 60.9 Å². The maximum Gasteiger partial charge on any atom is 0.0429 e. The van der Waals surface area contributed by atoms with Gasteiger partial charge in [-0.3, -0.25) is 4.98 Å². The van der Waals surface area contributed by atoms with Crippen molar-refractivity contribution in [3.05, 3.63) is 72.1 Å². The molecule has 0 bridgehead atoms. The Bertz CT molecular complexity index is 825. The minimum atomic E-state index is 0. The first-order chi connectivity index (χ1) is 11.9. The van der Waals surface area contributed by atoms with Gasteiger partial charge in [-0.15, -0.1) is 12.4 Å². The molecule has 3 heteroatoms. The van der Waals surface area contributed by atoms with Gasteiger partial charge in [0, 0.05) is 31.2 Å². The number of piperidine rings is 1. The summed E-state index contributed by atoms with van der Waals surface area (Å²) in [5, 5.41) is 2.65. The van der Waals surface area contributed by atoms with E-state index in [1.165, 1.54) is 59.9 Å². The molecule has 3 aromatic rings. The minimum absolute atomic E-state index is 0. The first kappa shape index (κ1) is 17.8. The number of rotatable bonds is 4. The Balaban J connectivity index is 0.00000182. The van der Waals surface area contributed by atoms with Gasteiger partial charge in [0.25, 0.3) is 0 Å². The third-order valence-electron chi connectivity index (χ3n) is 5.07. The van der Waals surface area contributed by atoms with E-state index in [1.807, 2.05) is 6.20 Å². The topological polar surface area (TPSA) is 16.1 Å². The quantitative estimate of drug-likeness (QED) is 0.622. The van der Waals surface area contributed by atoms with Crippen molar-refractivity contribution in [1.29, 1.82) is 0 Å². The lowest BCUT2D eigenvalue weighted by Gasteiger charge is -2.30.